The zero-order valence-corrected chi connectivity index (χ0v) is 10.1. The Morgan fingerprint density at radius 3 is 2.72 bits per heavy atom. The number of hydrogen-bond acceptors (Lipinski definition) is 3. The van der Waals surface area contributed by atoms with Gasteiger partial charge in [-0.05, 0) is 12.8 Å². The third kappa shape index (κ3) is 4.23. The van der Waals surface area contributed by atoms with E-state index < -0.39 is 11.6 Å². The van der Waals surface area contributed by atoms with E-state index in [4.69, 9.17) is 9.47 Å². The Morgan fingerprint density at radius 1 is 1.28 bits per heavy atom. The van der Waals surface area contributed by atoms with E-state index in [9.17, 15) is 8.78 Å². The van der Waals surface area contributed by atoms with Crippen molar-refractivity contribution >= 4 is 0 Å². The largest absolute Gasteiger partial charge is 0.492 e. The molecule has 1 atom stereocenters. The van der Waals surface area contributed by atoms with Gasteiger partial charge in [0.1, 0.15) is 24.0 Å². The molecule has 1 aliphatic rings. The van der Waals surface area contributed by atoms with Crippen LogP contribution >= 0.6 is 0 Å². The van der Waals surface area contributed by atoms with Gasteiger partial charge in [0, 0.05) is 37.9 Å². The van der Waals surface area contributed by atoms with Gasteiger partial charge in [0.15, 0.2) is 0 Å². The quantitative estimate of drug-likeness (QED) is 0.792. The first kappa shape index (κ1) is 13.2. The first-order valence-electron chi connectivity index (χ1n) is 6.15. The molecule has 1 unspecified atom stereocenters. The molecule has 100 valence electrons. The van der Waals surface area contributed by atoms with Crippen LogP contribution in [0.2, 0.25) is 0 Å². The molecule has 1 N–H and O–H groups in total. The van der Waals surface area contributed by atoms with Crippen molar-refractivity contribution in [3.63, 3.8) is 0 Å². The fraction of sp³-hybridized carbons (Fsp3) is 0.538. The second-order valence-electron chi connectivity index (χ2n) is 4.29. The van der Waals surface area contributed by atoms with Crippen LogP contribution in [0, 0.1) is 11.6 Å². The van der Waals surface area contributed by atoms with Crippen LogP contribution in [0.25, 0.3) is 0 Å². The summed E-state index contributed by atoms with van der Waals surface area (Å²) in [5.41, 5.74) is 0. The summed E-state index contributed by atoms with van der Waals surface area (Å²) in [5, 5.41) is 3.19. The smallest absolute Gasteiger partial charge is 0.129 e. The lowest BCUT2D eigenvalue weighted by Gasteiger charge is -2.11. The number of ether oxygens (including phenoxy) is 2. The Balaban J connectivity index is 1.62. The average molecular weight is 257 g/mol. The molecule has 1 saturated heterocycles. The molecule has 1 fully saturated rings. The van der Waals surface area contributed by atoms with Crippen molar-refractivity contribution in [3.8, 4) is 5.75 Å². The first-order chi connectivity index (χ1) is 8.74. The molecule has 1 aliphatic heterocycles. The van der Waals surface area contributed by atoms with Gasteiger partial charge < -0.3 is 14.8 Å². The fourth-order valence-electron chi connectivity index (χ4n) is 1.92. The van der Waals surface area contributed by atoms with Gasteiger partial charge in [0.05, 0.1) is 6.10 Å². The van der Waals surface area contributed by atoms with Crippen molar-refractivity contribution in [2.24, 2.45) is 0 Å². The molecule has 0 bridgehead atoms. The zero-order chi connectivity index (χ0) is 12.8. The van der Waals surface area contributed by atoms with Crippen LogP contribution in [0.5, 0.6) is 5.75 Å². The third-order valence-electron chi connectivity index (χ3n) is 2.78. The minimum absolute atomic E-state index is 0.214. The van der Waals surface area contributed by atoms with Crippen LogP contribution in [0.3, 0.4) is 0 Å². The predicted molar refractivity (Wildman–Crippen MR) is 63.7 cm³/mol. The van der Waals surface area contributed by atoms with Crippen molar-refractivity contribution in [2.45, 2.75) is 18.9 Å². The van der Waals surface area contributed by atoms with Crippen LogP contribution in [0.1, 0.15) is 12.8 Å². The van der Waals surface area contributed by atoms with Gasteiger partial charge >= 0.3 is 0 Å². The third-order valence-corrected chi connectivity index (χ3v) is 2.78. The topological polar surface area (TPSA) is 30.5 Å². The molecule has 1 aromatic carbocycles. The van der Waals surface area contributed by atoms with E-state index in [-0.39, 0.29) is 11.9 Å². The van der Waals surface area contributed by atoms with E-state index in [0.29, 0.717) is 13.2 Å². The molecular formula is C13H17F2NO2. The van der Waals surface area contributed by atoms with Crippen molar-refractivity contribution in [3.05, 3.63) is 29.8 Å². The van der Waals surface area contributed by atoms with Gasteiger partial charge in [0.25, 0.3) is 0 Å². The molecule has 0 aromatic heterocycles. The zero-order valence-electron chi connectivity index (χ0n) is 10.1. The summed E-state index contributed by atoms with van der Waals surface area (Å²) >= 11 is 0. The number of rotatable bonds is 6. The minimum atomic E-state index is -0.627. The van der Waals surface area contributed by atoms with Gasteiger partial charge in [-0.2, -0.15) is 0 Å². The van der Waals surface area contributed by atoms with Gasteiger partial charge in [-0.25, -0.2) is 8.78 Å². The van der Waals surface area contributed by atoms with E-state index in [1.807, 2.05) is 0 Å². The normalized spacial score (nSPS) is 19.1. The fourth-order valence-corrected chi connectivity index (χ4v) is 1.92. The Morgan fingerprint density at radius 2 is 2.06 bits per heavy atom. The maximum atomic E-state index is 12.9. The number of nitrogens with one attached hydrogen (secondary N) is 1. The minimum Gasteiger partial charge on any atom is -0.492 e. The molecule has 0 amide bonds. The molecule has 0 radical (unpaired) electrons. The van der Waals surface area contributed by atoms with Crippen molar-refractivity contribution in [1.29, 1.82) is 0 Å². The van der Waals surface area contributed by atoms with E-state index in [1.54, 1.807) is 0 Å². The van der Waals surface area contributed by atoms with E-state index in [0.717, 1.165) is 32.1 Å². The molecule has 18 heavy (non-hydrogen) atoms. The highest BCUT2D eigenvalue weighted by atomic mass is 19.1. The van der Waals surface area contributed by atoms with E-state index in [2.05, 4.69) is 5.32 Å². The average Bonchev–Trinajstić information content (AvgIpc) is 2.80. The molecule has 3 nitrogen and oxygen atoms in total. The summed E-state index contributed by atoms with van der Waals surface area (Å²) in [4.78, 5) is 0. The molecule has 5 heteroatoms. The van der Waals surface area contributed by atoms with Crippen molar-refractivity contribution in [1.82, 2.24) is 5.32 Å². The van der Waals surface area contributed by atoms with E-state index >= 15 is 0 Å². The maximum absolute atomic E-state index is 12.9. The lowest BCUT2D eigenvalue weighted by Crippen LogP contribution is -2.29. The van der Waals surface area contributed by atoms with E-state index in [1.165, 1.54) is 12.1 Å². The SMILES string of the molecule is Fc1cc(F)cc(OCCNCC2CCCO2)c1. The highest BCUT2D eigenvalue weighted by Crippen LogP contribution is 2.15. The Labute approximate surface area is 105 Å². The molecular weight excluding hydrogens is 240 g/mol. The Kier molecular flexibility index (Phi) is 4.90. The van der Waals surface area contributed by atoms with Crippen molar-refractivity contribution in [2.75, 3.05) is 26.3 Å². The summed E-state index contributed by atoms with van der Waals surface area (Å²) < 4.78 is 36.4. The standard InChI is InChI=1S/C13H17F2NO2/c14-10-6-11(15)8-13(7-10)18-5-3-16-9-12-2-1-4-17-12/h6-8,12,16H,1-5,9H2. The summed E-state index contributed by atoms with van der Waals surface area (Å²) in [5.74, 6) is -1.04. The first-order valence-corrected chi connectivity index (χ1v) is 6.15. The molecule has 1 heterocycles. The number of halogens is 2. The van der Waals surface area contributed by atoms with Gasteiger partial charge in [-0.3, -0.25) is 0 Å². The summed E-state index contributed by atoms with van der Waals surface area (Å²) in [7, 11) is 0. The van der Waals surface area contributed by atoms with Crippen LogP contribution in [-0.4, -0.2) is 32.4 Å². The highest BCUT2D eigenvalue weighted by Gasteiger charge is 2.14. The van der Waals surface area contributed by atoms with Crippen LogP contribution in [0.4, 0.5) is 8.78 Å². The maximum Gasteiger partial charge on any atom is 0.129 e. The summed E-state index contributed by atoms with van der Waals surface area (Å²) in [6.45, 7) is 2.62. The summed E-state index contributed by atoms with van der Waals surface area (Å²) in [6.07, 6.45) is 2.49. The van der Waals surface area contributed by atoms with Crippen LogP contribution in [-0.2, 0) is 4.74 Å². The summed E-state index contributed by atoms with van der Waals surface area (Å²) in [6, 6.07) is 3.16. The monoisotopic (exact) mass is 257 g/mol. The van der Waals surface area contributed by atoms with Crippen LogP contribution < -0.4 is 10.1 Å². The second kappa shape index (κ2) is 6.66. The lowest BCUT2D eigenvalue weighted by molar-refractivity contribution is 0.109. The molecule has 1 aromatic rings. The van der Waals surface area contributed by atoms with Gasteiger partial charge in [0.2, 0.25) is 0 Å². The Hall–Kier alpha value is -1.20. The molecule has 0 saturated carbocycles. The van der Waals surface area contributed by atoms with Gasteiger partial charge in [-0.1, -0.05) is 0 Å². The second-order valence-corrected chi connectivity index (χ2v) is 4.29. The lowest BCUT2D eigenvalue weighted by atomic mass is 10.2. The van der Waals surface area contributed by atoms with Crippen molar-refractivity contribution < 1.29 is 18.3 Å². The van der Waals surface area contributed by atoms with Gasteiger partial charge in [-0.15, -0.1) is 0 Å². The molecule has 0 spiro atoms. The number of benzene rings is 1. The molecule has 2 rings (SSSR count). The number of hydrogen-bond donors (Lipinski definition) is 1. The predicted octanol–water partition coefficient (Wildman–Crippen LogP) is 2.11. The Bertz CT molecular complexity index is 361. The molecule has 0 aliphatic carbocycles. The highest BCUT2D eigenvalue weighted by molar-refractivity contribution is 5.23. The van der Waals surface area contributed by atoms with Crippen LogP contribution in [0.15, 0.2) is 18.2 Å².